The molecule has 0 radical (unpaired) electrons. The molecule has 0 saturated heterocycles. The van der Waals surface area contributed by atoms with Crippen LogP contribution in [0.25, 0.3) is 0 Å². The van der Waals surface area contributed by atoms with Crippen molar-refractivity contribution < 1.29 is 13.3 Å². The van der Waals surface area contributed by atoms with E-state index in [2.05, 4.69) is 55.4 Å². The van der Waals surface area contributed by atoms with Gasteiger partial charge in [-0.05, 0) is 42.9 Å². The Morgan fingerprint density at radius 2 is 0.694 bits per heavy atom. The summed E-state index contributed by atoms with van der Waals surface area (Å²) in [4.78, 5) is 0. The molecule has 0 saturated carbocycles. The standard InChI is InChI=1S/C32H68O3Si/c1-9-17-21-29(13-5)25-33-36(28-32(16-8)24-20-12-4,34-26-30(14-6)22-18-10-2)35-27-31(15-7)23-19-11-3/h29-32H,9-28H2,1-8H3. The number of hydrogen-bond donors (Lipinski definition) is 0. The van der Waals surface area contributed by atoms with Gasteiger partial charge in [-0.15, -0.1) is 0 Å². The minimum Gasteiger partial charge on any atom is -0.373 e. The summed E-state index contributed by atoms with van der Waals surface area (Å²) in [6, 6.07) is 1.00. The third kappa shape index (κ3) is 16.8. The van der Waals surface area contributed by atoms with E-state index < -0.39 is 8.80 Å². The molecule has 4 atom stereocenters. The second-order valence-electron chi connectivity index (χ2n) is 11.5. The molecule has 0 aliphatic heterocycles. The molecule has 3 nitrogen and oxygen atoms in total. The fraction of sp³-hybridized carbons (Fsp3) is 1.00. The summed E-state index contributed by atoms with van der Waals surface area (Å²) >= 11 is 0. The smallest absolute Gasteiger partial charge is 0.373 e. The second-order valence-corrected chi connectivity index (χ2v) is 14.1. The average molecular weight is 529 g/mol. The van der Waals surface area contributed by atoms with E-state index in [0.29, 0.717) is 23.7 Å². The highest BCUT2D eigenvalue weighted by Crippen LogP contribution is 2.31. The molecule has 0 rings (SSSR count). The van der Waals surface area contributed by atoms with Crippen LogP contribution in [0.4, 0.5) is 0 Å². The molecule has 0 bridgehead atoms. The fourth-order valence-electron chi connectivity index (χ4n) is 5.03. The van der Waals surface area contributed by atoms with Gasteiger partial charge in [-0.2, -0.15) is 0 Å². The summed E-state index contributed by atoms with van der Waals surface area (Å²) in [6.45, 7) is 20.9. The van der Waals surface area contributed by atoms with Crippen molar-refractivity contribution in [1.82, 2.24) is 0 Å². The summed E-state index contributed by atoms with van der Waals surface area (Å²) in [6.07, 6.45) is 20.0. The minimum atomic E-state index is -2.78. The van der Waals surface area contributed by atoms with Crippen molar-refractivity contribution in [2.24, 2.45) is 23.7 Å². The van der Waals surface area contributed by atoms with Gasteiger partial charge in [-0.1, -0.05) is 139 Å². The topological polar surface area (TPSA) is 27.7 Å². The van der Waals surface area contributed by atoms with E-state index >= 15 is 0 Å². The first-order valence-electron chi connectivity index (χ1n) is 16.4. The Hall–Kier alpha value is 0.0969. The monoisotopic (exact) mass is 528 g/mol. The fourth-order valence-corrected chi connectivity index (χ4v) is 8.30. The van der Waals surface area contributed by atoms with Gasteiger partial charge in [0.15, 0.2) is 0 Å². The molecule has 0 aliphatic rings. The van der Waals surface area contributed by atoms with Crippen molar-refractivity contribution >= 4 is 8.80 Å². The summed E-state index contributed by atoms with van der Waals surface area (Å²) in [5.74, 6) is 2.48. The molecule has 0 aromatic heterocycles. The van der Waals surface area contributed by atoms with E-state index in [1.165, 1.54) is 103 Å². The van der Waals surface area contributed by atoms with Gasteiger partial charge < -0.3 is 13.3 Å². The van der Waals surface area contributed by atoms with Crippen LogP contribution in [0.3, 0.4) is 0 Å². The van der Waals surface area contributed by atoms with Crippen LogP contribution >= 0.6 is 0 Å². The Labute approximate surface area is 229 Å². The highest BCUT2D eigenvalue weighted by molar-refractivity contribution is 6.60. The Bertz CT molecular complexity index is 408. The van der Waals surface area contributed by atoms with Crippen molar-refractivity contribution in [3.8, 4) is 0 Å². The van der Waals surface area contributed by atoms with Crippen LogP contribution in [0.5, 0.6) is 0 Å². The van der Waals surface area contributed by atoms with Crippen LogP contribution in [0.15, 0.2) is 0 Å². The van der Waals surface area contributed by atoms with Crippen LogP contribution in [0.1, 0.15) is 158 Å². The zero-order chi connectivity index (χ0) is 27.1. The zero-order valence-electron chi connectivity index (χ0n) is 26.2. The first-order chi connectivity index (χ1) is 17.5. The second kappa shape index (κ2) is 24.2. The summed E-state index contributed by atoms with van der Waals surface area (Å²) in [5.41, 5.74) is 0. The van der Waals surface area contributed by atoms with E-state index in [-0.39, 0.29) is 0 Å². The third-order valence-corrected chi connectivity index (χ3v) is 11.2. The van der Waals surface area contributed by atoms with Gasteiger partial charge in [0, 0.05) is 25.9 Å². The molecule has 0 amide bonds. The largest absolute Gasteiger partial charge is 0.501 e. The minimum absolute atomic E-state index is 0.615. The normalized spacial score (nSPS) is 17.0. The van der Waals surface area contributed by atoms with E-state index in [0.717, 1.165) is 25.9 Å². The molecule has 36 heavy (non-hydrogen) atoms. The summed E-state index contributed by atoms with van der Waals surface area (Å²) in [5, 5.41) is 0. The van der Waals surface area contributed by atoms with Crippen LogP contribution in [0, 0.1) is 23.7 Å². The maximum atomic E-state index is 6.99. The molecule has 0 aromatic carbocycles. The van der Waals surface area contributed by atoms with Crippen molar-refractivity contribution in [2.75, 3.05) is 19.8 Å². The summed E-state index contributed by atoms with van der Waals surface area (Å²) < 4.78 is 21.0. The predicted molar refractivity (Wildman–Crippen MR) is 162 cm³/mol. The van der Waals surface area contributed by atoms with Crippen LogP contribution in [0.2, 0.25) is 6.04 Å². The average Bonchev–Trinajstić information content (AvgIpc) is 2.91. The van der Waals surface area contributed by atoms with Crippen LogP contribution in [-0.2, 0) is 13.3 Å². The predicted octanol–water partition coefficient (Wildman–Crippen LogP) is 10.8. The first-order valence-corrected chi connectivity index (χ1v) is 18.3. The van der Waals surface area contributed by atoms with Gasteiger partial charge in [-0.25, -0.2) is 0 Å². The number of unbranched alkanes of at least 4 members (excludes halogenated alkanes) is 4. The van der Waals surface area contributed by atoms with Crippen molar-refractivity contribution in [3.63, 3.8) is 0 Å². The number of hydrogen-bond acceptors (Lipinski definition) is 3. The molecule has 0 N–H and O–H groups in total. The van der Waals surface area contributed by atoms with Crippen LogP contribution in [-0.4, -0.2) is 28.6 Å². The molecule has 0 spiro atoms. The number of rotatable bonds is 27. The highest BCUT2D eigenvalue weighted by Gasteiger charge is 2.44. The van der Waals surface area contributed by atoms with E-state index in [1.54, 1.807) is 0 Å². The van der Waals surface area contributed by atoms with Crippen molar-refractivity contribution in [1.29, 1.82) is 0 Å². The van der Waals surface area contributed by atoms with Gasteiger partial charge in [0.25, 0.3) is 0 Å². The van der Waals surface area contributed by atoms with E-state index in [4.69, 9.17) is 13.3 Å². The van der Waals surface area contributed by atoms with Crippen LogP contribution < -0.4 is 0 Å². The lowest BCUT2D eigenvalue weighted by Gasteiger charge is -2.36. The maximum absolute atomic E-state index is 6.99. The van der Waals surface area contributed by atoms with E-state index in [1.807, 2.05) is 0 Å². The van der Waals surface area contributed by atoms with Gasteiger partial charge in [0.2, 0.25) is 0 Å². The first kappa shape index (κ1) is 36.1. The van der Waals surface area contributed by atoms with Gasteiger partial charge in [0.05, 0.1) is 0 Å². The molecular formula is C32H68O3Si. The van der Waals surface area contributed by atoms with Gasteiger partial charge in [0.1, 0.15) is 0 Å². The zero-order valence-corrected chi connectivity index (χ0v) is 27.2. The molecule has 0 aromatic rings. The Morgan fingerprint density at radius 1 is 0.417 bits per heavy atom. The lowest BCUT2D eigenvalue weighted by atomic mass is 10.0. The molecule has 4 heteroatoms. The SMILES string of the molecule is CCCCC(CC)CO[Si](CC(CC)CCCC)(OCC(CC)CCCC)OCC(CC)CCCC. The molecule has 4 unspecified atom stereocenters. The summed E-state index contributed by atoms with van der Waals surface area (Å²) in [7, 11) is -2.78. The maximum Gasteiger partial charge on any atom is 0.501 e. The third-order valence-electron chi connectivity index (χ3n) is 8.33. The van der Waals surface area contributed by atoms with Gasteiger partial charge >= 0.3 is 8.80 Å². The Balaban J connectivity index is 5.84. The van der Waals surface area contributed by atoms with Gasteiger partial charge in [-0.3, -0.25) is 0 Å². The molecule has 0 aliphatic carbocycles. The lowest BCUT2D eigenvalue weighted by molar-refractivity contribution is 0.0208. The molecule has 0 fully saturated rings. The van der Waals surface area contributed by atoms with E-state index in [9.17, 15) is 0 Å². The van der Waals surface area contributed by atoms with Crippen molar-refractivity contribution in [2.45, 2.75) is 164 Å². The Morgan fingerprint density at radius 3 is 0.944 bits per heavy atom. The molecule has 218 valence electrons. The molecule has 0 heterocycles. The lowest BCUT2D eigenvalue weighted by Crippen LogP contribution is -2.50. The Kier molecular flexibility index (Phi) is 24.2. The van der Waals surface area contributed by atoms with Crippen molar-refractivity contribution in [3.05, 3.63) is 0 Å². The quantitative estimate of drug-likeness (QED) is 0.0992. The molecular weight excluding hydrogens is 460 g/mol. The highest BCUT2D eigenvalue weighted by atomic mass is 28.4.